The number of amides is 1. The van der Waals surface area contributed by atoms with E-state index < -0.39 is 0 Å². The van der Waals surface area contributed by atoms with Crippen molar-refractivity contribution in [3.05, 3.63) is 29.8 Å². The number of hydrogen-bond donors (Lipinski definition) is 2. The van der Waals surface area contributed by atoms with E-state index in [1.165, 1.54) is 5.56 Å². The summed E-state index contributed by atoms with van der Waals surface area (Å²) in [6.07, 6.45) is 0. The first-order chi connectivity index (χ1) is 8.65. The molecule has 4 nitrogen and oxygen atoms in total. The van der Waals surface area contributed by atoms with Crippen LogP contribution in [0.3, 0.4) is 0 Å². The lowest BCUT2D eigenvalue weighted by Gasteiger charge is -2.28. The standard InChI is InChI=1S/C14H21N3O/c1-11(2)16-9-12-3-5-13(6-4-12)17-8-7-15-14(18)10-17/h3-6,11,16H,7-10H2,1-2H3,(H,15,18). The lowest BCUT2D eigenvalue weighted by atomic mass is 10.1. The van der Waals surface area contributed by atoms with E-state index in [0.29, 0.717) is 12.6 Å². The van der Waals surface area contributed by atoms with Crippen LogP contribution in [0.5, 0.6) is 0 Å². The Morgan fingerprint density at radius 1 is 1.33 bits per heavy atom. The number of anilines is 1. The summed E-state index contributed by atoms with van der Waals surface area (Å²) in [5, 5.41) is 6.23. The van der Waals surface area contributed by atoms with Crippen molar-refractivity contribution in [1.29, 1.82) is 0 Å². The fourth-order valence-corrected chi connectivity index (χ4v) is 2.01. The van der Waals surface area contributed by atoms with E-state index >= 15 is 0 Å². The molecule has 1 saturated heterocycles. The first-order valence-electron chi connectivity index (χ1n) is 6.49. The first kappa shape index (κ1) is 12.9. The van der Waals surface area contributed by atoms with E-state index in [4.69, 9.17) is 0 Å². The quantitative estimate of drug-likeness (QED) is 0.838. The molecule has 0 atom stereocenters. The van der Waals surface area contributed by atoms with Crippen LogP contribution < -0.4 is 15.5 Å². The molecule has 0 bridgehead atoms. The normalized spacial score (nSPS) is 15.9. The average molecular weight is 247 g/mol. The molecule has 2 rings (SSSR count). The largest absolute Gasteiger partial charge is 0.360 e. The van der Waals surface area contributed by atoms with Crippen molar-refractivity contribution in [3.8, 4) is 0 Å². The Balaban J connectivity index is 1.96. The van der Waals surface area contributed by atoms with Gasteiger partial charge in [0.2, 0.25) is 5.91 Å². The van der Waals surface area contributed by atoms with Gasteiger partial charge in [-0.2, -0.15) is 0 Å². The minimum atomic E-state index is 0.104. The van der Waals surface area contributed by atoms with Gasteiger partial charge >= 0.3 is 0 Å². The molecule has 0 saturated carbocycles. The molecule has 1 aliphatic rings. The highest BCUT2D eigenvalue weighted by molar-refractivity contribution is 5.82. The Hall–Kier alpha value is -1.55. The maximum Gasteiger partial charge on any atom is 0.239 e. The van der Waals surface area contributed by atoms with Crippen LogP contribution in [0.1, 0.15) is 19.4 Å². The number of carbonyl (C=O) groups excluding carboxylic acids is 1. The lowest BCUT2D eigenvalue weighted by Crippen LogP contribution is -2.47. The zero-order chi connectivity index (χ0) is 13.0. The van der Waals surface area contributed by atoms with Gasteiger partial charge in [-0.05, 0) is 17.7 Å². The molecule has 1 amide bonds. The van der Waals surface area contributed by atoms with Crippen LogP contribution in [-0.2, 0) is 11.3 Å². The number of piperazine rings is 1. The van der Waals surface area contributed by atoms with Gasteiger partial charge in [-0.15, -0.1) is 0 Å². The second-order valence-corrected chi connectivity index (χ2v) is 4.97. The van der Waals surface area contributed by atoms with Crippen molar-refractivity contribution in [3.63, 3.8) is 0 Å². The fourth-order valence-electron chi connectivity index (χ4n) is 2.01. The Labute approximate surface area is 108 Å². The molecule has 18 heavy (non-hydrogen) atoms. The predicted molar refractivity (Wildman–Crippen MR) is 73.6 cm³/mol. The molecule has 1 aromatic carbocycles. The van der Waals surface area contributed by atoms with Crippen molar-refractivity contribution < 1.29 is 4.79 Å². The molecule has 1 heterocycles. The number of hydrogen-bond acceptors (Lipinski definition) is 3. The van der Waals surface area contributed by atoms with Crippen LogP contribution >= 0.6 is 0 Å². The van der Waals surface area contributed by atoms with Crippen molar-refractivity contribution in [2.75, 3.05) is 24.5 Å². The molecule has 4 heteroatoms. The van der Waals surface area contributed by atoms with E-state index in [1.54, 1.807) is 0 Å². The van der Waals surface area contributed by atoms with E-state index in [0.717, 1.165) is 25.3 Å². The molecule has 0 radical (unpaired) electrons. The summed E-state index contributed by atoms with van der Waals surface area (Å²) in [5.41, 5.74) is 2.40. The summed E-state index contributed by atoms with van der Waals surface area (Å²) < 4.78 is 0. The third kappa shape index (κ3) is 3.47. The van der Waals surface area contributed by atoms with Gasteiger partial charge in [-0.25, -0.2) is 0 Å². The highest BCUT2D eigenvalue weighted by Gasteiger charge is 2.15. The highest BCUT2D eigenvalue weighted by atomic mass is 16.2. The molecule has 0 unspecified atom stereocenters. The van der Waals surface area contributed by atoms with Crippen LogP contribution in [0.15, 0.2) is 24.3 Å². The van der Waals surface area contributed by atoms with Crippen LogP contribution in [0, 0.1) is 0 Å². The molecule has 1 aliphatic heterocycles. The third-order valence-electron chi connectivity index (χ3n) is 3.05. The zero-order valence-electron chi connectivity index (χ0n) is 11.1. The van der Waals surface area contributed by atoms with Crippen molar-refractivity contribution in [2.24, 2.45) is 0 Å². The molecular weight excluding hydrogens is 226 g/mol. The van der Waals surface area contributed by atoms with Crippen LogP contribution in [0.25, 0.3) is 0 Å². The van der Waals surface area contributed by atoms with Gasteiger partial charge < -0.3 is 15.5 Å². The maximum atomic E-state index is 11.3. The smallest absolute Gasteiger partial charge is 0.239 e. The SMILES string of the molecule is CC(C)NCc1ccc(N2CCNC(=O)C2)cc1. The lowest BCUT2D eigenvalue weighted by molar-refractivity contribution is -0.120. The number of nitrogens with zero attached hydrogens (tertiary/aromatic N) is 1. The molecule has 2 N–H and O–H groups in total. The van der Waals surface area contributed by atoms with Crippen molar-refractivity contribution in [1.82, 2.24) is 10.6 Å². The second kappa shape index (κ2) is 5.87. The summed E-state index contributed by atoms with van der Waals surface area (Å²) in [5.74, 6) is 0.104. The average Bonchev–Trinajstić information content (AvgIpc) is 2.37. The molecule has 0 spiro atoms. The number of rotatable bonds is 4. The number of benzene rings is 1. The summed E-state index contributed by atoms with van der Waals surface area (Å²) in [7, 11) is 0. The van der Waals surface area contributed by atoms with Gasteiger partial charge in [0.25, 0.3) is 0 Å². The second-order valence-electron chi connectivity index (χ2n) is 4.97. The molecular formula is C14H21N3O. The molecule has 0 aliphatic carbocycles. The number of carbonyl (C=O) groups is 1. The highest BCUT2D eigenvalue weighted by Crippen LogP contribution is 2.16. The summed E-state index contributed by atoms with van der Waals surface area (Å²) >= 11 is 0. The zero-order valence-corrected chi connectivity index (χ0v) is 11.1. The third-order valence-corrected chi connectivity index (χ3v) is 3.05. The van der Waals surface area contributed by atoms with E-state index in [2.05, 4.69) is 53.6 Å². The van der Waals surface area contributed by atoms with Gasteiger partial charge in [-0.3, -0.25) is 4.79 Å². The summed E-state index contributed by atoms with van der Waals surface area (Å²) in [6.45, 7) is 7.24. The van der Waals surface area contributed by atoms with E-state index in [1.807, 2.05) is 0 Å². The van der Waals surface area contributed by atoms with Gasteiger partial charge in [0.1, 0.15) is 0 Å². The van der Waals surface area contributed by atoms with Gasteiger partial charge in [-0.1, -0.05) is 26.0 Å². The van der Waals surface area contributed by atoms with Gasteiger partial charge in [0.15, 0.2) is 0 Å². The van der Waals surface area contributed by atoms with E-state index in [-0.39, 0.29) is 5.91 Å². The van der Waals surface area contributed by atoms with Gasteiger partial charge in [0, 0.05) is 31.4 Å². The molecule has 98 valence electrons. The van der Waals surface area contributed by atoms with Crippen LogP contribution in [-0.4, -0.2) is 31.6 Å². The first-order valence-corrected chi connectivity index (χ1v) is 6.49. The number of nitrogens with one attached hydrogen (secondary N) is 2. The molecule has 0 aromatic heterocycles. The summed E-state index contributed by atoms with van der Waals surface area (Å²) in [4.78, 5) is 13.4. The Morgan fingerprint density at radius 3 is 2.67 bits per heavy atom. The molecule has 1 aromatic rings. The Morgan fingerprint density at radius 2 is 2.06 bits per heavy atom. The molecule has 1 fully saturated rings. The van der Waals surface area contributed by atoms with E-state index in [9.17, 15) is 4.79 Å². The van der Waals surface area contributed by atoms with Crippen LogP contribution in [0.4, 0.5) is 5.69 Å². The van der Waals surface area contributed by atoms with Crippen LogP contribution in [0.2, 0.25) is 0 Å². The minimum absolute atomic E-state index is 0.104. The topological polar surface area (TPSA) is 44.4 Å². The Kier molecular flexibility index (Phi) is 4.20. The predicted octanol–water partition coefficient (Wildman–Crippen LogP) is 1.12. The van der Waals surface area contributed by atoms with Crippen molar-refractivity contribution >= 4 is 11.6 Å². The fraction of sp³-hybridized carbons (Fsp3) is 0.500. The summed E-state index contributed by atoms with van der Waals surface area (Å²) in [6, 6.07) is 8.93. The monoisotopic (exact) mass is 247 g/mol. The maximum absolute atomic E-state index is 11.3. The van der Waals surface area contributed by atoms with Crippen molar-refractivity contribution in [2.45, 2.75) is 26.4 Å². The Bertz CT molecular complexity index is 400. The van der Waals surface area contributed by atoms with Gasteiger partial charge in [0.05, 0.1) is 6.54 Å². The minimum Gasteiger partial charge on any atom is -0.360 e.